The molecular formula is C14H20N4O2. The molecule has 0 aliphatic carbocycles. The smallest absolute Gasteiger partial charge is 0.274 e. The number of imidazole rings is 1. The van der Waals surface area contributed by atoms with E-state index in [1.54, 1.807) is 6.20 Å². The van der Waals surface area contributed by atoms with Crippen LogP contribution in [0.5, 0.6) is 0 Å². The summed E-state index contributed by atoms with van der Waals surface area (Å²) < 4.78 is 7.11. The Morgan fingerprint density at radius 2 is 2.20 bits per heavy atom. The summed E-state index contributed by atoms with van der Waals surface area (Å²) in [4.78, 5) is 20.7. The van der Waals surface area contributed by atoms with Crippen LogP contribution in [0.1, 0.15) is 48.9 Å². The predicted octanol–water partition coefficient (Wildman–Crippen LogP) is 2.10. The molecule has 108 valence electrons. The average Bonchev–Trinajstić information content (AvgIpc) is 3.03. The molecule has 2 rings (SSSR count). The molecule has 1 amide bonds. The summed E-state index contributed by atoms with van der Waals surface area (Å²) in [5, 5.41) is 2.99. The summed E-state index contributed by atoms with van der Waals surface area (Å²) in [5.74, 6) is 1.43. The van der Waals surface area contributed by atoms with Gasteiger partial charge in [0.25, 0.3) is 5.91 Å². The molecule has 2 heterocycles. The van der Waals surface area contributed by atoms with E-state index in [-0.39, 0.29) is 17.9 Å². The Hall–Kier alpha value is -2.11. The minimum Gasteiger partial charge on any atom is -0.448 e. The van der Waals surface area contributed by atoms with Crippen molar-refractivity contribution in [1.29, 1.82) is 0 Å². The molecule has 20 heavy (non-hydrogen) atoms. The van der Waals surface area contributed by atoms with E-state index in [9.17, 15) is 4.79 Å². The number of nitrogens with zero attached hydrogens (tertiary/aromatic N) is 3. The lowest BCUT2D eigenvalue weighted by atomic mass is 10.0. The van der Waals surface area contributed by atoms with E-state index in [0.717, 1.165) is 5.82 Å². The van der Waals surface area contributed by atoms with Crippen molar-refractivity contribution in [3.8, 4) is 0 Å². The van der Waals surface area contributed by atoms with Crippen molar-refractivity contribution >= 4 is 5.91 Å². The Morgan fingerprint density at radius 1 is 1.45 bits per heavy atom. The highest BCUT2D eigenvalue weighted by Crippen LogP contribution is 2.20. The zero-order valence-corrected chi connectivity index (χ0v) is 12.3. The molecule has 0 fully saturated rings. The highest BCUT2D eigenvalue weighted by molar-refractivity contribution is 5.93. The summed E-state index contributed by atoms with van der Waals surface area (Å²) in [6.45, 7) is 6.02. The molecule has 0 saturated carbocycles. The lowest BCUT2D eigenvalue weighted by molar-refractivity contribution is 0.0916. The molecule has 0 radical (unpaired) electrons. The zero-order valence-electron chi connectivity index (χ0n) is 12.3. The van der Waals surface area contributed by atoms with Gasteiger partial charge in [-0.15, -0.1) is 0 Å². The molecule has 0 aliphatic heterocycles. The number of aryl methyl sites for hydroxylation is 2. The van der Waals surface area contributed by atoms with Crippen molar-refractivity contribution in [3.63, 3.8) is 0 Å². The Morgan fingerprint density at radius 3 is 2.75 bits per heavy atom. The Bertz CT molecular complexity index is 586. The van der Waals surface area contributed by atoms with E-state index in [2.05, 4.69) is 15.3 Å². The van der Waals surface area contributed by atoms with Gasteiger partial charge in [0.1, 0.15) is 11.6 Å². The summed E-state index contributed by atoms with van der Waals surface area (Å²) in [6, 6.07) is -0.163. The largest absolute Gasteiger partial charge is 0.448 e. The van der Waals surface area contributed by atoms with Gasteiger partial charge in [-0.3, -0.25) is 4.79 Å². The molecule has 6 nitrogen and oxygen atoms in total. The number of carbonyl (C=O) groups is 1. The third kappa shape index (κ3) is 2.74. The Labute approximate surface area is 118 Å². The van der Waals surface area contributed by atoms with Gasteiger partial charge in [0.15, 0.2) is 12.1 Å². The van der Waals surface area contributed by atoms with Crippen molar-refractivity contribution in [2.45, 2.75) is 33.2 Å². The van der Waals surface area contributed by atoms with Gasteiger partial charge < -0.3 is 14.3 Å². The fraction of sp³-hybridized carbons (Fsp3) is 0.500. The molecule has 0 spiro atoms. The minimum atomic E-state index is -0.225. The van der Waals surface area contributed by atoms with E-state index < -0.39 is 0 Å². The van der Waals surface area contributed by atoms with Gasteiger partial charge in [-0.2, -0.15) is 0 Å². The van der Waals surface area contributed by atoms with Crippen LogP contribution < -0.4 is 5.32 Å². The van der Waals surface area contributed by atoms with Crippen molar-refractivity contribution in [3.05, 3.63) is 36.1 Å². The molecule has 6 heteroatoms. The maximum atomic E-state index is 12.3. The normalized spacial score (nSPS) is 12.7. The third-order valence-electron chi connectivity index (χ3n) is 3.27. The Balaban J connectivity index is 2.21. The molecule has 0 saturated heterocycles. The van der Waals surface area contributed by atoms with Crippen LogP contribution in [0.3, 0.4) is 0 Å². The summed E-state index contributed by atoms with van der Waals surface area (Å²) in [5.41, 5.74) is 0.354. The number of aromatic nitrogens is 3. The molecule has 0 aromatic carbocycles. The van der Waals surface area contributed by atoms with Gasteiger partial charge in [0.05, 0.1) is 6.04 Å². The molecular weight excluding hydrogens is 256 g/mol. The molecule has 2 aromatic rings. The van der Waals surface area contributed by atoms with E-state index >= 15 is 0 Å². The maximum Gasteiger partial charge on any atom is 0.274 e. The van der Waals surface area contributed by atoms with Gasteiger partial charge in [-0.1, -0.05) is 20.8 Å². The number of nitrogens with one attached hydrogen (secondary N) is 1. The average molecular weight is 276 g/mol. The van der Waals surface area contributed by atoms with E-state index in [1.807, 2.05) is 38.6 Å². The quantitative estimate of drug-likeness (QED) is 0.907. The Kier molecular flexibility index (Phi) is 4.22. The van der Waals surface area contributed by atoms with Crippen LogP contribution in [0.2, 0.25) is 0 Å². The van der Waals surface area contributed by atoms with E-state index in [1.165, 1.54) is 6.39 Å². The van der Waals surface area contributed by atoms with E-state index in [4.69, 9.17) is 4.42 Å². The van der Waals surface area contributed by atoms with Crippen molar-refractivity contribution < 1.29 is 9.21 Å². The van der Waals surface area contributed by atoms with Gasteiger partial charge in [0, 0.05) is 25.9 Å². The summed E-state index contributed by atoms with van der Waals surface area (Å²) >= 11 is 0. The maximum absolute atomic E-state index is 12.3. The lowest BCUT2D eigenvalue weighted by Gasteiger charge is -2.21. The number of hydrogen-bond acceptors (Lipinski definition) is 4. The second-order valence-electron chi connectivity index (χ2n) is 5.07. The first-order valence-electron chi connectivity index (χ1n) is 6.75. The zero-order chi connectivity index (χ0) is 14.7. The van der Waals surface area contributed by atoms with Crippen LogP contribution in [-0.4, -0.2) is 20.4 Å². The fourth-order valence-corrected chi connectivity index (χ4v) is 2.12. The van der Waals surface area contributed by atoms with Crippen molar-refractivity contribution in [2.24, 2.45) is 13.0 Å². The minimum absolute atomic E-state index is 0.163. The lowest BCUT2D eigenvalue weighted by Crippen LogP contribution is -2.34. The van der Waals surface area contributed by atoms with Crippen molar-refractivity contribution in [2.75, 3.05) is 0 Å². The summed E-state index contributed by atoms with van der Waals surface area (Å²) in [6.07, 6.45) is 5.53. The molecule has 1 N–H and O–H groups in total. The second kappa shape index (κ2) is 5.90. The summed E-state index contributed by atoms with van der Waals surface area (Å²) in [7, 11) is 1.91. The van der Waals surface area contributed by atoms with Gasteiger partial charge in [-0.25, -0.2) is 9.97 Å². The number of hydrogen-bond donors (Lipinski definition) is 1. The molecule has 2 aromatic heterocycles. The van der Waals surface area contributed by atoms with Gasteiger partial charge in [-0.05, 0) is 5.92 Å². The number of oxazole rings is 1. The van der Waals surface area contributed by atoms with Gasteiger partial charge in [0.2, 0.25) is 0 Å². The third-order valence-corrected chi connectivity index (χ3v) is 3.27. The SMILES string of the molecule is CCc1ocnc1C(=O)NC(c1nccn1C)C(C)C. The topological polar surface area (TPSA) is 73.0 Å². The van der Waals surface area contributed by atoms with Crippen molar-refractivity contribution in [1.82, 2.24) is 19.9 Å². The molecule has 1 atom stereocenters. The van der Waals surface area contributed by atoms with Crippen LogP contribution >= 0.6 is 0 Å². The molecule has 0 aliphatic rings. The van der Waals surface area contributed by atoms with Crippen LogP contribution in [0.25, 0.3) is 0 Å². The van der Waals surface area contributed by atoms with Gasteiger partial charge >= 0.3 is 0 Å². The first-order chi connectivity index (χ1) is 9.54. The number of rotatable bonds is 5. The first-order valence-corrected chi connectivity index (χ1v) is 6.75. The van der Waals surface area contributed by atoms with Crippen LogP contribution in [0.15, 0.2) is 23.2 Å². The molecule has 1 unspecified atom stereocenters. The van der Waals surface area contributed by atoms with Crippen LogP contribution in [0, 0.1) is 5.92 Å². The fourth-order valence-electron chi connectivity index (χ4n) is 2.12. The van der Waals surface area contributed by atoms with Crippen LogP contribution in [-0.2, 0) is 13.5 Å². The predicted molar refractivity (Wildman–Crippen MR) is 74.1 cm³/mol. The van der Waals surface area contributed by atoms with Crippen LogP contribution in [0.4, 0.5) is 0 Å². The second-order valence-corrected chi connectivity index (χ2v) is 5.07. The first kappa shape index (κ1) is 14.3. The number of amides is 1. The standard InChI is InChI=1S/C14H20N4O2/c1-5-10-12(16-8-20-10)14(19)17-11(9(2)3)13-15-6-7-18(13)4/h6-9,11H,5H2,1-4H3,(H,17,19). The number of carbonyl (C=O) groups excluding carboxylic acids is 1. The highest BCUT2D eigenvalue weighted by atomic mass is 16.3. The van der Waals surface area contributed by atoms with E-state index in [0.29, 0.717) is 17.9 Å². The highest BCUT2D eigenvalue weighted by Gasteiger charge is 2.25. The molecule has 0 bridgehead atoms. The monoisotopic (exact) mass is 276 g/mol.